The van der Waals surface area contributed by atoms with Gasteiger partial charge in [0.2, 0.25) is 11.6 Å². The van der Waals surface area contributed by atoms with Crippen molar-refractivity contribution in [3.63, 3.8) is 0 Å². The van der Waals surface area contributed by atoms with Crippen molar-refractivity contribution >= 4 is 17.3 Å². The molecule has 0 fully saturated rings. The minimum atomic E-state index is -1.82. The molecule has 0 atom stereocenters. The van der Waals surface area contributed by atoms with E-state index in [4.69, 9.17) is 11.6 Å². The van der Waals surface area contributed by atoms with Crippen molar-refractivity contribution in [2.24, 2.45) is 0 Å². The SMILES string of the molecule is Cc1c(F)c([N+](=O)[O-])c(F)c(F)c1CCl. The smallest absolute Gasteiger partial charge is 0.258 e. The lowest BCUT2D eigenvalue weighted by Gasteiger charge is -2.06. The summed E-state index contributed by atoms with van der Waals surface area (Å²) in [5.41, 5.74) is -2.24. The molecule has 1 rings (SSSR count). The number of nitrogens with zero attached hydrogens (tertiary/aromatic N) is 1. The fraction of sp³-hybridized carbons (Fsp3) is 0.250. The standard InChI is InChI=1S/C8H5ClF3NO2/c1-3-4(2-9)6(11)7(12)8(5(3)10)13(14)15/h2H2,1H3. The first-order chi connectivity index (χ1) is 6.91. The van der Waals surface area contributed by atoms with Gasteiger partial charge in [0.1, 0.15) is 0 Å². The molecule has 0 amide bonds. The van der Waals surface area contributed by atoms with Crippen molar-refractivity contribution < 1.29 is 18.1 Å². The molecular formula is C8H5ClF3NO2. The first kappa shape index (κ1) is 11.8. The number of nitro benzene ring substituents is 1. The van der Waals surface area contributed by atoms with Crippen LogP contribution in [0.3, 0.4) is 0 Å². The molecule has 0 aliphatic rings. The Morgan fingerprint density at radius 1 is 1.27 bits per heavy atom. The summed E-state index contributed by atoms with van der Waals surface area (Å²) in [5.74, 6) is -5.15. The van der Waals surface area contributed by atoms with Gasteiger partial charge in [0.05, 0.1) is 10.8 Å². The van der Waals surface area contributed by atoms with Crippen LogP contribution >= 0.6 is 11.6 Å². The van der Waals surface area contributed by atoms with Gasteiger partial charge in [0, 0.05) is 5.56 Å². The van der Waals surface area contributed by atoms with Crippen molar-refractivity contribution in [1.29, 1.82) is 0 Å². The Morgan fingerprint density at radius 2 is 1.80 bits per heavy atom. The average Bonchev–Trinajstić information content (AvgIpc) is 2.16. The van der Waals surface area contributed by atoms with Crippen LogP contribution < -0.4 is 0 Å². The van der Waals surface area contributed by atoms with Gasteiger partial charge in [-0.15, -0.1) is 11.6 Å². The summed E-state index contributed by atoms with van der Waals surface area (Å²) in [7, 11) is 0. The van der Waals surface area contributed by atoms with Gasteiger partial charge in [-0.2, -0.15) is 8.78 Å². The van der Waals surface area contributed by atoms with Crippen molar-refractivity contribution in [1.82, 2.24) is 0 Å². The molecule has 0 radical (unpaired) electrons. The second-order valence-electron chi connectivity index (χ2n) is 2.78. The molecule has 1 aromatic rings. The van der Waals surface area contributed by atoms with Crippen molar-refractivity contribution in [2.75, 3.05) is 0 Å². The molecule has 15 heavy (non-hydrogen) atoms. The van der Waals surface area contributed by atoms with E-state index >= 15 is 0 Å². The zero-order chi connectivity index (χ0) is 11.7. The zero-order valence-corrected chi connectivity index (χ0v) is 8.24. The van der Waals surface area contributed by atoms with Gasteiger partial charge in [-0.05, 0) is 12.5 Å². The molecule has 1 aromatic carbocycles. The quantitative estimate of drug-likeness (QED) is 0.345. The van der Waals surface area contributed by atoms with E-state index in [9.17, 15) is 23.3 Å². The highest BCUT2D eigenvalue weighted by Crippen LogP contribution is 2.30. The average molecular weight is 240 g/mol. The molecule has 0 heterocycles. The second kappa shape index (κ2) is 4.06. The van der Waals surface area contributed by atoms with E-state index in [1.54, 1.807) is 0 Å². The maximum absolute atomic E-state index is 13.2. The molecule has 0 unspecified atom stereocenters. The zero-order valence-electron chi connectivity index (χ0n) is 7.48. The number of alkyl halides is 1. The van der Waals surface area contributed by atoms with Crippen molar-refractivity contribution in [2.45, 2.75) is 12.8 Å². The first-order valence-corrected chi connectivity index (χ1v) is 4.31. The fourth-order valence-electron chi connectivity index (χ4n) is 1.13. The Morgan fingerprint density at radius 3 is 2.20 bits per heavy atom. The predicted octanol–water partition coefficient (Wildman–Crippen LogP) is 3.06. The highest BCUT2D eigenvalue weighted by molar-refractivity contribution is 6.17. The predicted molar refractivity (Wildman–Crippen MR) is 47.3 cm³/mol. The van der Waals surface area contributed by atoms with Gasteiger partial charge in [-0.3, -0.25) is 10.1 Å². The monoisotopic (exact) mass is 239 g/mol. The van der Waals surface area contributed by atoms with Crippen LogP contribution in [0, 0.1) is 34.5 Å². The lowest BCUT2D eigenvalue weighted by molar-refractivity contribution is -0.390. The van der Waals surface area contributed by atoms with Crippen molar-refractivity contribution in [3.8, 4) is 0 Å². The normalized spacial score (nSPS) is 10.5. The van der Waals surface area contributed by atoms with E-state index in [2.05, 4.69) is 0 Å². The molecule has 0 aliphatic carbocycles. The molecule has 0 N–H and O–H groups in total. The number of rotatable bonds is 2. The highest BCUT2D eigenvalue weighted by atomic mass is 35.5. The topological polar surface area (TPSA) is 43.1 Å². The number of nitro groups is 1. The van der Waals surface area contributed by atoms with Gasteiger partial charge in [0.25, 0.3) is 0 Å². The Kier molecular flexibility index (Phi) is 3.18. The van der Waals surface area contributed by atoms with E-state index in [0.29, 0.717) is 0 Å². The fourth-order valence-corrected chi connectivity index (χ4v) is 1.44. The maximum Gasteiger partial charge on any atom is 0.343 e. The summed E-state index contributed by atoms with van der Waals surface area (Å²) in [6, 6.07) is 0. The van der Waals surface area contributed by atoms with E-state index in [-0.39, 0.29) is 5.56 Å². The van der Waals surface area contributed by atoms with Gasteiger partial charge < -0.3 is 0 Å². The minimum Gasteiger partial charge on any atom is -0.258 e. The highest BCUT2D eigenvalue weighted by Gasteiger charge is 2.30. The number of benzene rings is 1. The lowest BCUT2D eigenvalue weighted by atomic mass is 10.1. The van der Waals surface area contributed by atoms with E-state index in [1.165, 1.54) is 0 Å². The summed E-state index contributed by atoms with van der Waals surface area (Å²) in [5, 5.41) is 10.3. The summed E-state index contributed by atoms with van der Waals surface area (Å²) >= 11 is 5.27. The minimum absolute atomic E-state index is 0.351. The number of halogens is 4. The maximum atomic E-state index is 13.2. The van der Waals surface area contributed by atoms with Crippen LogP contribution in [0.5, 0.6) is 0 Å². The van der Waals surface area contributed by atoms with E-state index in [1.807, 2.05) is 0 Å². The number of hydrogen-bond acceptors (Lipinski definition) is 2. The summed E-state index contributed by atoms with van der Waals surface area (Å²) < 4.78 is 39.4. The molecule has 0 aromatic heterocycles. The second-order valence-corrected chi connectivity index (χ2v) is 3.05. The van der Waals surface area contributed by atoms with Gasteiger partial charge in [-0.25, -0.2) is 4.39 Å². The van der Waals surface area contributed by atoms with Gasteiger partial charge >= 0.3 is 5.69 Å². The van der Waals surface area contributed by atoms with Crippen LogP contribution in [0.4, 0.5) is 18.9 Å². The summed E-state index contributed by atoms with van der Waals surface area (Å²) in [4.78, 5) is 8.97. The Labute approximate surface area is 87.6 Å². The summed E-state index contributed by atoms with van der Waals surface area (Å²) in [6.07, 6.45) is 0. The van der Waals surface area contributed by atoms with Crippen LogP contribution in [0.2, 0.25) is 0 Å². The van der Waals surface area contributed by atoms with Crippen LogP contribution in [0.1, 0.15) is 11.1 Å². The molecule has 0 saturated heterocycles. The van der Waals surface area contributed by atoms with Crippen LogP contribution in [-0.4, -0.2) is 4.92 Å². The van der Waals surface area contributed by atoms with Crippen LogP contribution in [-0.2, 0) is 5.88 Å². The third kappa shape index (κ3) is 1.77. The molecular weight excluding hydrogens is 235 g/mol. The Hall–Kier alpha value is -1.30. The third-order valence-corrected chi connectivity index (χ3v) is 2.24. The number of hydrogen-bond donors (Lipinski definition) is 0. The molecule has 0 spiro atoms. The van der Waals surface area contributed by atoms with Crippen molar-refractivity contribution in [3.05, 3.63) is 38.7 Å². The Bertz CT molecular complexity index is 407. The molecule has 7 heteroatoms. The van der Waals surface area contributed by atoms with Crippen LogP contribution in [0.25, 0.3) is 0 Å². The molecule has 0 saturated carbocycles. The van der Waals surface area contributed by atoms with E-state index < -0.39 is 39.5 Å². The Balaban J connectivity index is 3.66. The molecule has 3 nitrogen and oxygen atoms in total. The third-order valence-electron chi connectivity index (χ3n) is 1.97. The largest absolute Gasteiger partial charge is 0.343 e. The molecule has 0 bridgehead atoms. The lowest BCUT2D eigenvalue weighted by Crippen LogP contribution is -2.06. The molecule has 0 aliphatic heterocycles. The first-order valence-electron chi connectivity index (χ1n) is 3.78. The molecule has 82 valence electrons. The van der Waals surface area contributed by atoms with E-state index in [0.717, 1.165) is 6.92 Å². The van der Waals surface area contributed by atoms with Gasteiger partial charge in [0.15, 0.2) is 5.82 Å². The van der Waals surface area contributed by atoms with Crippen LogP contribution in [0.15, 0.2) is 0 Å². The summed E-state index contributed by atoms with van der Waals surface area (Å²) in [6.45, 7) is 1.10. The van der Waals surface area contributed by atoms with Gasteiger partial charge in [-0.1, -0.05) is 0 Å².